The van der Waals surface area contributed by atoms with Crippen LogP contribution in [-0.4, -0.2) is 23.1 Å². The van der Waals surface area contributed by atoms with Crippen molar-refractivity contribution in [3.63, 3.8) is 0 Å². The van der Waals surface area contributed by atoms with Crippen molar-refractivity contribution in [2.24, 2.45) is 0 Å². The van der Waals surface area contributed by atoms with Crippen molar-refractivity contribution in [2.75, 3.05) is 13.2 Å². The number of nitrogens with zero attached hydrogens (tertiary/aromatic N) is 2. The van der Waals surface area contributed by atoms with Crippen LogP contribution in [0.2, 0.25) is 0 Å². The van der Waals surface area contributed by atoms with Crippen LogP contribution in [0.4, 0.5) is 0 Å². The predicted octanol–water partition coefficient (Wildman–Crippen LogP) is 3.19. The van der Waals surface area contributed by atoms with E-state index in [1.807, 2.05) is 27.0 Å². The monoisotopic (exact) mass is 285 g/mol. The normalized spacial score (nSPS) is 12.2. The minimum Gasteiger partial charge on any atom is -0.492 e. The van der Waals surface area contributed by atoms with Crippen LogP contribution in [0.25, 0.3) is 0 Å². The van der Waals surface area contributed by atoms with Crippen LogP contribution in [0.5, 0.6) is 5.75 Å². The fourth-order valence-corrected chi connectivity index (χ4v) is 2.50. The summed E-state index contributed by atoms with van der Waals surface area (Å²) in [4.78, 5) is 8.75. The van der Waals surface area contributed by atoms with Gasteiger partial charge in [0.1, 0.15) is 5.75 Å². The number of hydrogen-bond donors (Lipinski definition) is 1. The largest absolute Gasteiger partial charge is 0.492 e. The van der Waals surface area contributed by atoms with Gasteiger partial charge in [0, 0.05) is 17.6 Å². The zero-order valence-electron chi connectivity index (χ0n) is 13.2. The van der Waals surface area contributed by atoms with E-state index in [0.29, 0.717) is 6.61 Å². The van der Waals surface area contributed by atoms with Crippen molar-refractivity contribution in [1.82, 2.24) is 15.3 Å². The third kappa shape index (κ3) is 4.02. The Morgan fingerprint density at radius 1 is 1.05 bits per heavy atom. The van der Waals surface area contributed by atoms with Crippen LogP contribution in [-0.2, 0) is 0 Å². The van der Waals surface area contributed by atoms with Crippen molar-refractivity contribution in [3.05, 3.63) is 53.1 Å². The van der Waals surface area contributed by atoms with Gasteiger partial charge in [0.25, 0.3) is 0 Å². The lowest BCUT2D eigenvalue weighted by Crippen LogP contribution is -2.22. The van der Waals surface area contributed by atoms with E-state index in [1.54, 1.807) is 6.20 Å². The molecule has 0 saturated heterocycles. The van der Waals surface area contributed by atoms with Crippen molar-refractivity contribution in [2.45, 2.75) is 33.7 Å². The number of pyridine rings is 2. The van der Waals surface area contributed by atoms with Gasteiger partial charge in [-0.3, -0.25) is 9.97 Å². The first-order valence-corrected chi connectivity index (χ1v) is 7.40. The minimum atomic E-state index is 0.100. The molecule has 0 bridgehead atoms. The Balaban J connectivity index is 2.40. The molecular formula is C17H23N3O. The summed E-state index contributed by atoms with van der Waals surface area (Å²) in [6, 6.07) is 6.39. The average molecular weight is 285 g/mol. The average Bonchev–Trinajstić information content (AvgIpc) is 2.44. The smallest absolute Gasteiger partial charge is 0.137 e. The molecule has 1 atom stereocenters. The maximum atomic E-state index is 5.56. The van der Waals surface area contributed by atoms with E-state index in [9.17, 15) is 0 Å². The van der Waals surface area contributed by atoms with Gasteiger partial charge in [-0.1, -0.05) is 6.92 Å². The molecule has 2 heterocycles. The van der Waals surface area contributed by atoms with Gasteiger partial charge in [0.05, 0.1) is 18.8 Å². The van der Waals surface area contributed by atoms with Crippen molar-refractivity contribution >= 4 is 0 Å². The molecule has 0 saturated carbocycles. The Labute approximate surface area is 126 Å². The highest BCUT2D eigenvalue weighted by molar-refractivity contribution is 5.35. The molecule has 0 aliphatic heterocycles. The maximum Gasteiger partial charge on any atom is 0.137 e. The molecule has 2 aromatic heterocycles. The van der Waals surface area contributed by atoms with Gasteiger partial charge in [0.2, 0.25) is 0 Å². The Kier molecular flexibility index (Phi) is 5.28. The number of rotatable bonds is 6. The molecule has 1 N–H and O–H groups in total. The third-order valence-corrected chi connectivity index (χ3v) is 3.22. The Morgan fingerprint density at radius 3 is 2.38 bits per heavy atom. The molecule has 2 rings (SSSR count). The number of ether oxygens (including phenoxy) is 1. The second-order valence-electron chi connectivity index (χ2n) is 5.06. The maximum absolute atomic E-state index is 5.56. The zero-order valence-corrected chi connectivity index (χ0v) is 13.2. The van der Waals surface area contributed by atoms with Gasteiger partial charge in [-0.2, -0.15) is 0 Å². The first kappa shape index (κ1) is 15.4. The van der Waals surface area contributed by atoms with E-state index < -0.39 is 0 Å². The molecule has 4 nitrogen and oxygen atoms in total. The van der Waals surface area contributed by atoms with Crippen LogP contribution >= 0.6 is 0 Å². The van der Waals surface area contributed by atoms with Crippen molar-refractivity contribution in [1.29, 1.82) is 0 Å². The SMILES string of the molecule is CCNC(c1cncc(OCC)c1)c1cc(C)nc(C)c1. The number of nitrogens with one attached hydrogen (secondary N) is 1. The zero-order chi connectivity index (χ0) is 15.2. The second kappa shape index (κ2) is 7.18. The van der Waals surface area contributed by atoms with Gasteiger partial charge in [-0.05, 0) is 56.6 Å². The van der Waals surface area contributed by atoms with Gasteiger partial charge >= 0.3 is 0 Å². The molecule has 0 aliphatic rings. The highest BCUT2D eigenvalue weighted by Gasteiger charge is 2.15. The fraction of sp³-hybridized carbons (Fsp3) is 0.412. The lowest BCUT2D eigenvalue weighted by molar-refractivity contribution is 0.338. The Bertz CT molecular complexity index is 578. The summed E-state index contributed by atoms with van der Waals surface area (Å²) in [5, 5.41) is 3.52. The standard InChI is InChI=1S/C17H23N3O/c1-5-19-17(14-7-12(3)20-13(4)8-14)15-9-16(21-6-2)11-18-10-15/h7-11,17,19H,5-6H2,1-4H3. The van der Waals surface area contributed by atoms with Crippen molar-refractivity contribution < 1.29 is 4.74 Å². The lowest BCUT2D eigenvalue weighted by atomic mass is 9.99. The summed E-state index contributed by atoms with van der Waals surface area (Å²) in [6.45, 7) is 9.65. The van der Waals surface area contributed by atoms with E-state index in [4.69, 9.17) is 4.74 Å². The summed E-state index contributed by atoms with van der Waals surface area (Å²) in [6.07, 6.45) is 3.64. The molecule has 21 heavy (non-hydrogen) atoms. The summed E-state index contributed by atoms with van der Waals surface area (Å²) in [7, 11) is 0. The Hall–Kier alpha value is -1.94. The van der Waals surface area contributed by atoms with Crippen LogP contribution in [0.15, 0.2) is 30.6 Å². The first-order chi connectivity index (χ1) is 10.1. The minimum absolute atomic E-state index is 0.100. The van der Waals surface area contributed by atoms with Gasteiger partial charge < -0.3 is 10.1 Å². The molecule has 0 spiro atoms. The topological polar surface area (TPSA) is 47.0 Å². The molecule has 2 aromatic rings. The van der Waals surface area contributed by atoms with E-state index >= 15 is 0 Å². The molecule has 0 aliphatic carbocycles. The van der Waals surface area contributed by atoms with Crippen LogP contribution in [0.3, 0.4) is 0 Å². The predicted molar refractivity (Wildman–Crippen MR) is 84.6 cm³/mol. The van der Waals surface area contributed by atoms with E-state index in [2.05, 4.69) is 40.4 Å². The van der Waals surface area contributed by atoms with Crippen LogP contribution in [0.1, 0.15) is 42.4 Å². The molecular weight excluding hydrogens is 262 g/mol. The van der Waals surface area contributed by atoms with E-state index in [0.717, 1.165) is 29.2 Å². The first-order valence-electron chi connectivity index (χ1n) is 7.40. The number of aryl methyl sites for hydroxylation is 2. The van der Waals surface area contributed by atoms with Crippen LogP contribution in [0, 0.1) is 13.8 Å². The molecule has 0 radical (unpaired) electrons. The number of hydrogen-bond acceptors (Lipinski definition) is 4. The molecule has 0 aromatic carbocycles. The highest BCUT2D eigenvalue weighted by Crippen LogP contribution is 2.25. The molecule has 4 heteroatoms. The molecule has 112 valence electrons. The quantitative estimate of drug-likeness (QED) is 0.885. The Morgan fingerprint density at radius 2 is 1.76 bits per heavy atom. The fourth-order valence-electron chi connectivity index (χ4n) is 2.50. The van der Waals surface area contributed by atoms with E-state index in [-0.39, 0.29) is 6.04 Å². The summed E-state index contributed by atoms with van der Waals surface area (Å²) < 4.78 is 5.56. The second-order valence-corrected chi connectivity index (χ2v) is 5.06. The number of aromatic nitrogens is 2. The van der Waals surface area contributed by atoms with Crippen molar-refractivity contribution in [3.8, 4) is 5.75 Å². The van der Waals surface area contributed by atoms with Gasteiger partial charge in [-0.25, -0.2) is 0 Å². The third-order valence-electron chi connectivity index (χ3n) is 3.22. The van der Waals surface area contributed by atoms with Crippen LogP contribution < -0.4 is 10.1 Å². The van der Waals surface area contributed by atoms with E-state index in [1.165, 1.54) is 5.56 Å². The summed E-state index contributed by atoms with van der Waals surface area (Å²) >= 11 is 0. The van der Waals surface area contributed by atoms with Gasteiger partial charge in [-0.15, -0.1) is 0 Å². The summed E-state index contributed by atoms with van der Waals surface area (Å²) in [5.74, 6) is 0.806. The lowest BCUT2D eigenvalue weighted by Gasteiger charge is -2.20. The molecule has 0 fully saturated rings. The molecule has 0 amide bonds. The summed E-state index contributed by atoms with van der Waals surface area (Å²) in [5.41, 5.74) is 4.37. The van der Waals surface area contributed by atoms with Gasteiger partial charge in [0.15, 0.2) is 0 Å². The molecule has 1 unspecified atom stereocenters. The highest BCUT2D eigenvalue weighted by atomic mass is 16.5.